The molecule has 3 rings (SSSR count). The number of amides is 1. The molecule has 5 nitrogen and oxygen atoms in total. The van der Waals surface area contributed by atoms with Gasteiger partial charge in [0.15, 0.2) is 0 Å². The van der Waals surface area contributed by atoms with Gasteiger partial charge in [-0.3, -0.25) is 9.69 Å². The second kappa shape index (κ2) is 8.19. The first-order chi connectivity index (χ1) is 12.1. The van der Waals surface area contributed by atoms with Gasteiger partial charge in [0.05, 0.1) is 26.7 Å². The molecular formula is C20H30N2O3. The number of carbonyl (C=O) groups is 1. The molecule has 1 atom stereocenters. The number of carbonyl (C=O) groups excluding carboxylic acids is 1. The zero-order chi connectivity index (χ0) is 17.7. The molecule has 138 valence electrons. The summed E-state index contributed by atoms with van der Waals surface area (Å²) in [4.78, 5) is 15.1. The van der Waals surface area contributed by atoms with E-state index >= 15 is 0 Å². The van der Waals surface area contributed by atoms with Crippen molar-refractivity contribution in [2.24, 2.45) is 0 Å². The Bertz CT molecular complexity index is 561. The first kappa shape index (κ1) is 18.2. The van der Waals surface area contributed by atoms with Crippen LogP contribution in [0.3, 0.4) is 0 Å². The Kier molecular flexibility index (Phi) is 5.97. The molecule has 1 saturated heterocycles. The number of hydrogen-bond donors (Lipinski definition) is 1. The van der Waals surface area contributed by atoms with E-state index in [1.165, 1.54) is 12.8 Å². The van der Waals surface area contributed by atoms with Gasteiger partial charge in [-0.05, 0) is 37.5 Å². The molecule has 1 aromatic rings. The Morgan fingerprint density at radius 3 is 2.48 bits per heavy atom. The lowest BCUT2D eigenvalue weighted by Crippen LogP contribution is -2.62. The molecule has 2 fully saturated rings. The Labute approximate surface area is 150 Å². The highest BCUT2D eigenvalue weighted by Crippen LogP contribution is 2.38. The van der Waals surface area contributed by atoms with Gasteiger partial charge in [-0.1, -0.05) is 25.0 Å². The summed E-state index contributed by atoms with van der Waals surface area (Å²) in [6, 6.07) is 7.86. The zero-order valence-corrected chi connectivity index (χ0v) is 15.4. The molecule has 1 heterocycles. The van der Waals surface area contributed by atoms with Gasteiger partial charge in [-0.2, -0.15) is 0 Å². The molecular weight excluding hydrogens is 316 g/mol. The van der Waals surface area contributed by atoms with E-state index in [1.807, 2.05) is 24.3 Å². The van der Waals surface area contributed by atoms with Gasteiger partial charge in [-0.15, -0.1) is 0 Å². The molecule has 5 heteroatoms. The first-order valence-corrected chi connectivity index (χ1v) is 9.39. The lowest BCUT2D eigenvalue weighted by molar-refractivity contribution is -0.122. The third kappa shape index (κ3) is 4.15. The summed E-state index contributed by atoms with van der Waals surface area (Å²) < 4.78 is 10.7. The summed E-state index contributed by atoms with van der Waals surface area (Å²) >= 11 is 0. The van der Waals surface area contributed by atoms with Gasteiger partial charge >= 0.3 is 0 Å². The average molecular weight is 346 g/mol. The smallest absolute Gasteiger partial charge is 0.224 e. The lowest BCUT2D eigenvalue weighted by atomic mass is 9.86. The SMILES string of the molecule is COc1ccc(CC(=O)NC(C)C2(N3CCOCC3)CCCC2)cc1. The monoisotopic (exact) mass is 346 g/mol. The number of rotatable bonds is 6. The van der Waals surface area contributed by atoms with E-state index < -0.39 is 0 Å². The molecule has 1 unspecified atom stereocenters. The largest absolute Gasteiger partial charge is 0.497 e. The number of methoxy groups -OCH3 is 1. The zero-order valence-electron chi connectivity index (χ0n) is 15.4. The molecule has 0 aromatic heterocycles. The normalized spacial score (nSPS) is 21.7. The van der Waals surface area contributed by atoms with Crippen molar-refractivity contribution in [3.05, 3.63) is 29.8 Å². The van der Waals surface area contributed by atoms with E-state index in [-0.39, 0.29) is 17.5 Å². The van der Waals surface area contributed by atoms with Crippen molar-refractivity contribution >= 4 is 5.91 Å². The molecule has 1 aromatic carbocycles. The summed E-state index contributed by atoms with van der Waals surface area (Å²) in [5, 5.41) is 3.28. The highest BCUT2D eigenvalue weighted by atomic mass is 16.5. The molecule has 0 radical (unpaired) electrons. The van der Waals surface area contributed by atoms with E-state index in [2.05, 4.69) is 17.1 Å². The molecule has 1 N–H and O–H groups in total. The van der Waals surface area contributed by atoms with Crippen molar-refractivity contribution in [1.82, 2.24) is 10.2 Å². The second-order valence-corrected chi connectivity index (χ2v) is 7.22. The summed E-state index contributed by atoms with van der Waals surface area (Å²) in [6.07, 6.45) is 5.23. The number of nitrogens with one attached hydrogen (secondary N) is 1. The standard InChI is InChI=1S/C20H30N2O3/c1-16(20(9-3-4-10-20)22-11-13-25-14-12-22)21-19(23)15-17-5-7-18(24-2)8-6-17/h5-8,16H,3-4,9-15H2,1-2H3,(H,21,23). The first-order valence-electron chi connectivity index (χ1n) is 9.39. The minimum absolute atomic E-state index is 0.0946. The topological polar surface area (TPSA) is 50.8 Å². The van der Waals surface area contributed by atoms with Crippen LogP contribution >= 0.6 is 0 Å². The quantitative estimate of drug-likeness (QED) is 0.859. The minimum Gasteiger partial charge on any atom is -0.497 e. The van der Waals surface area contributed by atoms with Gasteiger partial charge in [0.25, 0.3) is 0 Å². The summed E-state index contributed by atoms with van der Waals surface area (Å²) in [7, 11) is 1.65. The van der Waals surface area contributed by atoms with E-state index in [0.29, 0.717) is 6.42 Å². The second-order valence-electron chi connectivity index (χ2n) is 7.22. The summed E-state index contributed by atoms with van der Waals surface area (Å²) in [5.74, 6) is 0.909. The Balaban J connectivity index is 1.62. The van der Waals surface area contributed by atoms with Crippen molar-refractivity contribution in [3.63, 3.8) is 0 Å². The number of ether oxygens (including phenoxy) is 2. The van der Waals surface area contributed by atoms with E-state index in [9.17, 15) is 4.79 Å². The van der Waals surface area contributed by atoms with Crippen molar-refractivity contribution in [2.45, 2.75) is 50.6 Å². The van der Waals surface area contributed by atoms with Crippen LogP contribution in [0, 0.1) is 0 Å². The third-order valence-electron chi connectivity index (χ3n) is 5.82. The molecule has 0 bridgehead atoms. The van der Waals surface area contributed by atoms with Gasteiger partial charge in [0.2, 0.25) is 5.91 Å². The van der Waals surface area contributed by atoms with Crippen molar-refractivity contribution in [2.75, 3.05) is 33.4 Å². The van der Waals surface area contributed by atoms with Crippen LogP contribution in [0.4, 0.5) is 0 Å². The molecule has 0 spiro atoms. The lowest BCUT2D eigenvalue weighted by Gasteiger charge is -2.47. The number of morpholine rings is 1. The highest BCUT2D eigenvalue weighted by Gasteiger charge is 2.44. The number of nitrogens with zero attached hydrogens (tertiary/aromatic N) is 1. The summed E-state index contributed by atoms with van der Waals surface area (Å²) in [6.45, 7) is 5.71. The van der Waals surface area contributed by atoms with Crippen molar-refractivity contribution < 1.29 is 14.3 Å². The number of hydrogen-bond acceptors (Lipinski definition) is 4. The van der Waals surface area contributed by atoms with Gasteiger partial charge in [-0.25, -0.2) is 0 Å². The van der Waals surface area contributed by atoms with Gasteiger partial charge in [0, 0.05) is 24.7 Å². The maximum Gasteiger partial charge on any atom is 0.224 e. The van der Waals surface area contributed by atoms with E-state index in [1.54, 1.807) is 7.11 Å². The van der Waals surface area contributed by atoms with Gasteiger partial charge < -0.3 is 14.8 Å². The highest BCUT2D eigenvalue weighted by molar-refractivity contribution is 5.79. The van der Waals surface area contributed by atoms with Crippen molar-refractivity contribution in [3.8, 4) is 5.75 Å². The summed E-state index contributed by atoms with van der Waals surface area (Å²) in [5.41, 5.74) is 1.11. The number of benzene rings is 1. The minimum atomic E-state index is 0.0946. The van der Waals surface area contributed by atoms with Crippen LogP contribution in [0.2, 0.25) is 0 Å². The Morgan fingerprint density at radius 2 is 1.88 bits per heavy atom. The molecule has 1 amide bonds. The fourth-order valence-corrected chi connectivity index (χ4v) is 4.37. The molecule has 2 aliphatic rings. The van der Waals surface area contributed by atoms with Crippen LogP contribution in [0.15, 0.2) is 24.3 Å². The molecule has 1 aliphatic carbocycles. The van der Waals surface area contributed by atoms with E-state index in [4.69, 9.17) is 9.47 Å². The molecule has 25 heavy (non-hydrogen) atoms. The Morgan fingerprint density at radius 1 is 1.24 bits per heavy atom. The predicted molar refractivity (Wildman–Crippen MR) is 97.9 cm³/mol. The predicted octanol–water partition coefficient (Wildman–Crippen LogP) is 2.39. The molecule has 1 saturated carbocycles. The van der Waals surface area contributed by atoms with Crippen LogP contribution in [0.5, 0.6) is 5.75 Å². The fourth-order valence-electron chi connectivity index (χ4n) is 4.37. The molecule has 1 aliphatic heterocycles. The van der Waals surface area contributed by atoms with Crippen LogP contribution in [-0.4, -0.2) is 55.8 Å². The average Bonchev–Trinajstić information content (AvgIpc) is 3.14. The van der Waals surface area contributed by atoms with Crippen LogP contribution in [0.1, 0.15) is 38.2 Å². The van der Waals surface area contributed by atoms with Gasteiger partial charge in [0.1, 0.15) is 5.75 Å². The van der Waals surface area contributed by atoms with Crippen LogP contribution in [-0.2, 0) is 16.0 Å². The fraction of sp³-hybridized carbons (Fsp3) is 0.650. The Hall–Kier alpha value is -1.59. The maximum absolute atomic E-state index is 12.6. The van der Waals surface area contributed by atoms with Crippen molar-refractivity contribution in [1.29, 1.82) is 0 Å². The third-order valence-corrected chi connectivity index (χ3v) is 5.82. The van der Waals surface area contributed by atoms with Crippen LogP contribution in [0.25, 0.3) is 0 Å². The van der Waals surface area contributed by atoms with E-state index in [0.717, 1.165) is 50.5 Å². The maximum atomic E-state index is 12.6. The van der Waals surface area contributed by atoms with Crippen LogP contribution < -0.4 is 10.1 Å².